The molecule has 0 fully saturated rings. The molecule has 0 saturated carbocycles. The highest BCUT2D eigenvalue weighted by atomic mass is 79.9. The first kappa shape index (κ1) is 16.3. The number of rotatable bonds is 6. The van der Waals surface area contributed by atoms with Crippen LogP contribution in [-0.4, -0.2) is 32.6 Å². The second-order valence-corrected chi connectivity index (χ2v) is 6.60. The van der Waals surface area contributed by atoms with Gasteiger partial charge in [-0.15, -0.1) is 11.6 Å². The molecule has 0 bridgehead atoms. The van der Waals surface area contributed by atoms with Crippen LogP contribution in [0.3, 0.4) is 0 Å². The van der Waals surface area contributed by atoms with E-state index in [-0.39, 0.29) is 18.2 Å². The van der Waals surface area contributed by atoms with Crippen molar-refractivity contribution in [3.05, 3.63) is 28.2 Å². The largest absolute Gasteiger partial charge is 0.462 e. The monoisotopic (exact) mass is 369 g/mol. The number of anilines is 1. The molecule has 0 radical (unpaired) electrons. The van der Waals surface area contributed by atoms with E-state index in [4.69, 9.17) is 16.3 Å². The Morgan fingerprint density at radius 2 is 2.16 bits per heavy atom. The maximum absolute atomic E-state index is 11.6. The lowest BCUT2D eigenvalue weighted by Gasteiger charge is -2.10. The summed E-state index contributed by atoms with van der Waals surface area (Å²) in [6, 6.07) is 4.47. The fourth-order valence-electron chi connectivity index (χ4n) is 1.26. The summed E-state index contributed by atoms with van der Waals surface area (Å²) < 4.78 is 30.8. The van der Waals surface area contributed by atoms with Gasteiger partial charge in [-0.2, -0.15) is 0 Å². The average Bonchev–Trinajstić information content (AvgIpc) is 2.31. The minimum absolute atomic E-state index is 0.00780. The number of sulfonamides is 1. The standard InChI is InChI=1S/C11H13BrClNO4S/c1-2-18-11(15)8-3-4-10(9(12)7-8)14-19(16,17)6-5-13/h3-4,7,14H,2,5-6H2,1H3. The van der Waals surface area contributed by atoms with Crippen molar-refractivity contribution in [2.24, 2.45) is 0 Å². The molecule has 0 saturated heterocycles. The predicted molar refractivity (Wildman–Crippen MR) is 78.2 cm³/mol. The molecule has 1 aromatic rings. The summed E-state index contributed by atoms with van der Waals surface area (Å²) in [4.78, 5) is 11.5. The molecule has 0 aliphatic carbocycles. The van der Waals surface area contributed by atoms with E-state index >= 15 is 0 Å². The zero-order valence-electron chi connectivity index (χ0n) is 10.2. The Balaban J connectivity index is 2.92. The molecule has 0 amide bonds. The molecule has 0 aliphatic rings. The van der Waals surface area contributed by atoms with Gasteiger partial charge in [0, 0.05) is 10.4 Å². The molecular weight excluding hydrogens is 358 g/mol. The van der Waals surface area contributed by atoms with Gasteiger partial charge < -0.3 is 4.74 Å². The van der Waals surface area contributed by atoms with Gasteiger partial charge in [0.05, 0.1) is 23.6 Å². The van der Waals surface area contributed by atoms with E-state index in [0.717, 1.165) is 0 Å². The molecule has 1 N–H and O–H groups in total. The number of alkyl halides is 1. The second kappa shape index (κ2) is 7.12. The first-order valence-electron chi connectivity index (χ1n) is 5.42. The van der Waals surface area contributed by atoms with Crippen LogP contribution in [0, 0.1) is 0 Å². The fraction of sp³-hybridized carbons (Fsp3) is 0.364. The second-order valence-electron chi connectivity index (χ2n) is 3.53. The normalized spacial score (nSPS) is 11.1. The number of benzene rings is 1. The van der Waals surface area contributed by atoms with Crippen LogP contribution < -0.4 is 4.72 Å². The summed E-state index contributed by atoms with van der Waals surface area (Å²) in [7, 11) is -3.48. The summed E-state index contributed by atoms with van der Waals surface area (Å²) in [5.41, 5.74) is 0.687. The first-order chi connectivity index (χ1) is 8.89. The third kappa shape index (κ3) is 5.00. The Hall–Kier alpha value is -0.790. The third-order valence-corrected chi connectivity index (χ3v) is 4.43. The molecule has 19 heavy (non-hydrogen) atoms. The number of ether oxygens (including phenoxy) is 1. The number of hydrogen-bond acceptors (Lipinski definition) is 4. The van der Waals surface area contributed by atoms with Crippen molar-refractivity contribution in [1.82, 2.24) is 0 Å². The minimum atomic E-state index is -3.48. The van der Waals surface area contributed by atoms with Crippen LogP contribution in [-0.2, 0) is 14.8 Å². The molecule has 0 spiro atoms. The predicted octanol–water partition coefficient (Wildman–Crippen LogP) is 2.61. The molecule has 0 unspecified atom stereocenters. The lowest BCUT2D eigenvalue weighted by atomic mass is 10.2. The lowest BCUT2D eigenvalue weighted by Crippen LogP contribution is -2.18. The molecule has 0 aliphatic heterocycles. The van der Waals surface area contributed by atoms with Gasteiger partial charge in [0.1, 0.15) is 0 Å². The highest BCUT2D eigenvalue weighted by molar-refractivity contribution is 9.10. The SMILES string of the molecule is CCOC(=O)c1ccc(NS(=O)(=O)CCCl)c(Br)c1. The van der Waals surface area contributed by atoms with Crippen LogP contribution in [0.5, 0.6) is 0 Å². The van der Waals surface area contributed by atoms with Crippen LogP contribution in [0.15, 0.2) is 22.7 Å². The quantitative estimate of drug-likeness (QED) is 0.617. The number of hydrogen-bond donors (Lipinski definition) is 1. The van der Waals surface area contributed by atoms with E-state index in [1.54, 1.807) is 6.92 Å². The molecule has 0 aromatic heterocycles. The van der Waals surface area contributed by atoms with Crippen LogP contribution in [0.4, 0.5) is 5.69 Å². The van der Waals surface area contributed by atoms with Crippen LogP contribution in [0.25, 0.3) is 0 Å². The molecule has 0 atom stereocenters. The van der Waals surface area contributed by atoms with Gasteiger partial charge in [0.2, 0.25) is 10.0 Å². The van der Waals surface area contributed by atoms with Gasteiger partial charge in [0.25, 0.3) is 0 Å². The molecule has 8 heteroatoms. The number of carbonyl (C=O) groups excluding carboxylic acids is 1. The smallest absolute Gasteiger partial charge is 0.338 e. The third-order valence-electron chi connectivity index (χ3n) is 2.09. The topological polar surface area (TPSA) is 72.5 Å². The number of esters is 1. The van der Waals surface area contributed by atoms with E-state index < -0.39 is 16.0 Å². The maximum atomic E-state index is 11.6. The zero-order valence-corrected chi connectivity index (χ0v) is 13.3. The Bertz CT molecular complexity index is 562. The van der Waals surface area contributed by atoms with E-state index in [1.807, 2.05) is 0 Å². The summed E-state index contributed by atoms with van der Waals surface area (Å²) >= 11 is 8.60. The van der Waals surface area contributed by atoms with Crippen molar-refractivity contribution in [1.29, 1.82) is 0 Å². The van der Waals surface area contributed by atoms with Crippen molar-refractivity contribution in [2.75, 3.05) is 23.0 Å². The van der Waals surface area contributed by atoms with E-state index in [1.165, 1.54) is 18.2 Å². The number of halogens is 2. The van der Waals surface area contributed by atoms with Crippen molar-refractivity contribution in [2.45, 2.75) is 6.92 Å². The zero-order chi connectivity index (χ0) is 14.5. The van der Waals surface area contributed by atoms with Gasteiger partial charge in [-0.3, -0.25) is 4.72 Å². The molecule has 5 nitrogen and oxygen atoms in total. The van der Waals surface area contributed by atoms with Gasteiger partial charge in [-0.05, 0) is 41.1 Å². The molecule has 106 valence electrons. The number of nitrogens with one attached hydrogen (secondary N) is 1. The molecular formula is C11H13BrClNO4S. The van der Waals surface area contributed by atoms with Crippen LogP contribution in [0.2, 0.25) is 0 Å². The Kier molecular flexibility index (Phi) is 6.09. The van der Waals surface area contributed by atoms with E-state index in [9.17, 15) is 13.2 Å². The molecule has 0 heterocycles. The van der Waals surface area contributed by atoms with Crippen LogP contribution in [0.1, 0.15) is 17.3 Å². The maximum Gasteiger partial charge on any atom is 0.338 e. The first-order valence-corrected chi connectivity index (χ1v) is 8.40. The molecule has 1 aromatic carbocycles. The van der Waals surface area contributed by atoms with E-state index in [2.05, 4.69) is 20.7 Å². The fourth-order valence-corrected chi connectivity index (χ4v) is 3.30. The van der Waals surface area contributed by atoms with Gasteiger partial charge in [0.15, 0.2) is 0 Å². The Morgan fingerprint density at radius 3 is 2.68 bits per heavy atom. The van der Waals surface area contributed by atoms with Gasteiger partial charge in [-0.1, -0.05) is 0 Å². The summed E-state index contributed by atoms with van der Waals surface area (Å²) in [6.07, 6.45) is 0. The Morgan fingerprint density at radius 1 is 1.47 bits per heavy atom. The Labute approximate surface area is 125 Å². The summed E-state index contributed by atoms with van der Waals surface area (Å²) in [5.74, 6) is -0.632. The van der Waals surface area contributed by atoms with Crippen molar-refractivity contribution >= 4 is 49.2 Å². The van der Waals surface area contributed by atoms with Crippen LogP contribution >= 0.6 is 27.5 Å². The lowest BCUT2D eigenvalue weighted by molar-refractivity contribution is 0.0526. The van der Waals surface area contributed by atoms with E-state index in [0.29, 0.717) is 15.7 Å². The summed E-state index contributed by atoms with van der Waals surface area (Å²) in [5, 5.41) is 0. The van der Waals surface area contributed by atoms with Crippen molar-refractivity contribution in [3.63, 3.8) is 0 Å². The van der Waals surface area contributed by atoms with Gasteiger partial charge >= 0.3 is 5.97 Å². The van der Waals surface area contributed by atoms with Gasteiger partial charge in [-0.25, -0.2) is 13.2 Å². The highest BCUT2D eigenvalue weighted by Gasteiger charge is 2.14. The highest BCUT2D eigenvalue weighted by Crippen LogP contribution is 2.25. The summed E-state index contributed by atoms with van der Waals surface area (Å²) in [6.45, 7) is 1.99. The number of carbonyl (C=O) groups is 1. The van der Waals surface area contributed by atoms with Crippen molar-refractivity contribution < 1.29 is 17.9 Å². The molecule has 1 rings (SSSR count). The van der Waals surface area contributed by atoms with Crippen molar-refractivity contribution in [3.8, 4) is 0 Å². The minimum Gasteiger partial charge on any atom is -0.462 e. The average molecular weight is 371 g/mol.